The third-order valence-electron chi connectivity index (χ3n) is 8.63. The molecule has 0 bridgehead atoms. The van der Waals surface area contributed by atoms with E-state index in [1.807, 2.05) is 30.3 Å². The Hall–Kier alpha value is -3.13. The molecule has 3 fully saturated rings. The molecule has 0 spiro atoms. The van der Waals surface area contributed by atoms with E-state index in [-0.39, 0.29) is 17.6 Å². The summed E-state index contributed by atoms with van der Waals surface area (Å²) in [6.07, 6.45) is 7.56. The molecule has 1 N–H and O–H groups in total. The van der Waals surface area contributed by atoms with Gasteiger partial charge in [0.15, 0.2) is 5.78 Å². The molecule has 1 aromatic heterocycles. The molecular weight excluding hydrogens is 496 g/mol. The maximum atomic E-state index is 13.4. The van der Waals surface area contributed by atoms with E-state index in [0.29, 0.717) is 30.9 Å². The molecule has 1 aliphatic carbocycles. The monoisotopic (exact) mass is 536 g/mol. The van der Waals surface area contributed by atoms with E-state index in [9.17, 15) is 14.7 Å². The van der Waals surface area contributed by atoms with Gasteiger partial charge >= 0.3 is 5.97 Å². The van der Waals surface area contributed by atoms with Crippen molar-refractivity contribution in [2.24, 2.45) is 23.7 Å². The normalized spacial score (nSPS) is 21.7. The van der Waals surface area contributed by atoms with E-state index >= 15 is 0 Å². The summed E-state index contributed by atoms with van der Waals surface area (Å²) in [6.45, 7) is 5.25. The zero-order valence-corrected chi connectivity index (χ0v) is 23.0. The quantitative estimate of drug-likeness (QED) is 0.391. The number of hydrogen-bond acceptors (Lipinski definition) is 7. The first-order valence-corrected chi connectivity index (χ1v) is 14.3. The van der Waals surface area contributed by atoms with Crippen LogP contribution in [-0.4, -0.2) is 61.9 Å². The van der Waals surface area contributed by atoms with Gasteiger partial charge < -0.3 is 24.2 Å². The number of methoxy groups -OCH3 is 1. The fourth-order valence-electron chi connectivity index (χ4n) is 6.11. The van der Waals surface area contributed by atoms with E-state index < -0.39 is 11.9 Å². The first-order valence-electron chi connectivity index (χ1n) is 14.3. The number of carbonyl (C=O) groups excluding carboxylic acids is 1. The molecule has 1 aromatic carbocycles. The van der Waals surface area contributed by atoms with Crippen LogP contribution < -0.4 is 14.4 Å². The third-order valence-corrected chi connectivity index (χ3v) is 8.63. The number of rotatable bonds is 11. The van der Waals surface area contributed by atoms with Gasteiger partial charge in [0, 0.05) is 49.5 Å². The number of aliphatic carboxylic acids is 1. The van der Waals surface area contributed by atoms with Gasteiger partial charge in [0.25, 0.3) is 0 Å². The second-order valence-electron chi connectivity index (χ2n) is 11.3. The van der Waals surface area contributed by atoms with Crippen molar-refractivity contribution in [3.05, 3.63) is 47.7 Å². The van der Waals surface area contributed by atoms with E-state index in [1.54, 1.807) is 20.2 Å². The molecule has 5 rings (SSSR count). The van der Waals surface area contributed by atoms with Gasteiger partial charge in [-0.3, -0.25) is 9.59 Å². The van der Waals surface area contributed by atoms with Crippen LogP contribution in [0.1, 0.15) is 67.3 Å². The highest BCUT2D eigenvalue weighted by Gasteiger charge is 2.39. The fraction of sp³-hybridized carbons (Fsp3) is 0.581. The lowest BCUT2D eigenvalue weighted by molar-refractivity contribution is -0.142. The predicted octanol–water partition coefficient (Wildman–Crippen LogP) is 5.21. The van der Waals surface area contributed by atoms with Crippen molar-refractivity contribution in [3.63, 3.8) is 0 Å². The Bertz CT molecular complexity index is 1150. The summed E-state index contributed by atoms with van der Waals surface area (Å²) in [5, 5.41) is 9.60. The van der Waals surface area contributed by atoms with Crippen molar-refractivity contribution in [2.75, 3.05) is 44.9 Å². The first kappa shape index (κ1) is 27.4. The SMILES string of the molecule is COc1ccc(C(=O)C2CCCOC2)c(N2CCC(COc3cc([C@H](C4CC4)[C@H](C)C(=O)O)ccn3)CC2)c1. The Morgan fingerprint density at radius 2 is 1.92 bits per heavy atom. The Morgan fingerprint density at radius 1 is 1.13 bits per heavy atom. The molecule has 39 heavy (non-hydrogen) atoms. The maximum absolute atomic E-state index is 13.4. The van der Waals surface area contributed by atoms with E-state index in [1.165, 1.54) is 0 Å². The minimum absolute atomic E-state index is 0.00367. The number of ketones is 1. The molecule has 210 valence electrons. The predicted molar refractivity (Wildman–Crippen MR) is 148 cm³/mol. The smallest absolute Gasteiger partial charge is 0.306 e. The molecule has 8 heteroatoms. The molecule has 3 atom stereocenters. The standard InChI is InChI=1S/C31H40N2O6/c1-20(31(35)36)29(22-5-6-22)23-9-12-32-28(16-23)39-18-21-10-13-33(14-11-21)27-17-25(37-2)7-8-26(27)30(34)24-4-3-15-38-19-24/h7-9,12,16-17,20-22,24,29H,3-6,10-11,13-15,18-19H2,1-2H3,(H,35,36)/t20-,24?,29-/m0/s1. The van der Waals surface area contributed by atoms with Crippen LogP contribution in [0.15, 0.2) is 36.5 Å². The molecule has 2 aliphatic heterocycles. The summed E-state index contributed by atoms with van der Waals surface area (Å²) in [6, 6.07) is 9.62. The summed E-state index contributed by atoms with van der Waals surface area (Å²) in [7, 11) is 1.65. The van der Waals surface area contributed by atoms with Crippen molar-refractivity contribution >= 4 is 17.4 Å². The second kappa shape index (κ2) is 12.4. The number of anilines is 1. The Morgan fingerprint density at radius 3 is 2.59 bits per heavy atom. The number of ether oxygens (including phenoxy) is 3. The summed E-state index contributed by atoms with van der Waals surface area (Å²) in [5.74, 6) is 0.991. The van der Waals surface area contributed by atoms with Crippen LogP contribution in [0, 0.1) is 23.7 Å². The average molecular weight is 537 g/mol. The molecule has 8 nitrogen and oxygen atoms in total. The average Bonchev–Trinajstić information content (AvgIpc) is 3.81. The van der Waals surface area contributed by atoms with Crippen LogP contribution in [-0.2, 0) is 9.53 Å². The minimum atomic E-state index is -0.758. The molecule has 3 heterocycles. The lowest BCUT2D eigenvalue weighted by Crippen LogP contribution is -2.37. The number of carboxylic acids is 1. The zero-order valence-electron chi connectivity index (χ0n) is 23.0. The van der Waals surface area contributed by atoms with Crippen molar-refractivity contribution in [1.82, 2.24) is 4.98 Å². The van der Waals surface area contributed by atoms with E-state index in [0.717, 1.165) is 80.8 Å². The van der Waals surface area contributed by atoms with Gasteiger partial charge in [0.05, 0.1) is 31.9 Å². The molecule has 0 radical (unpaired) electrons. The van der Waals surface area contributed by atoms with Gasteiger partial charge in [-0.25, -0.2) is 4.98 Å². The Kier molecular flexibility index (Phi) is 8.70. The van der Waals surface area contributed by atoms with Gasteiger partial charge in [-0.05, 0) is 80.0 Å². The number of Topliss-reactive ketones (excluding diaryl/α,β-unsaturated/α-hetero) is 1. The number of carbonyl (C=O) groups is 2. The highest BCUT2D eigenvalue weighted by Crippen LogP contribution is 2.47. The lowest BCUT2D eigenvalue weighted by Gasteiger charge is -2.35. The molecule has 0 amide bonds. The van der Waals surface area contributed by atoms with Crippen LogP contribution in [0.5, 0.6) is 11.6 Å². The van der Waals surface area contributed by atoms with Gasteiger partial charge in [-0.2, -0.15) is 0 Å². The van der Waals surface area contributed by atoms with E-state index in [4.69, 9.17) is 14.2 Å². The maximum Gasteiger partial charge on any atom is 0.306 e. The number of benzene rings is 1. The van der Waals surface area contributed by atoms with Crippen LogP contribution in [0.4, 0.5) is 5.69 Å². The van der Waals surface area contributed by atoms with Crippen molar-refractivity contribution in [3.8, 4) is 11.6 Å². The van der Waals surface area contributed by atoms with Gasteiger partial charge in [0.1, 0.15) is 5.75 Å². The highest BCUT2D eigenvalue weighted by molar-refractivity contribution is 6.03. The zero-order chi connectivity index (χ0) is 27.4. The highest BCUT2D eigenvalue weighted by atomic mass is 16.5. The van der Waals surface area contributed by atoms with Crippen LogP contribution >= 0.6 is 0 Å². The summed E-state index contributed by atoms with van der Waals surface area (Å²) in [5.41, 5.74) is 2.70. The number of aromatic nitrogens is 1. The van der Waals surface area contributed by atoms with Crippen LogP contribution in [0.2, 0.25) is 0 Å². The molecule has 2 aromatic rings. The number of nitrogens with zero attached hydrogens (tertiary/aromatic N) is 2. The topological polar surface area (TPSA) is 98.2 Å². The number of hydrogen-bond donors (Lipinski definition) is 1. The fourth-order valence-corrected chi connectivity index (χ4v) is 6.11. The largest absolute Gasteiger partial charge is 0.497 e. The summed E-state index contributed by atoms with van der Waals surface area (Å²) >= 11 is 0. The van der Waals surface area contributed by atoms with Gasteiger partial charge in [0.2, 0.25) is 5.88 Å². The molecule has 1 saturated carbocycles. The molecule has 3 aliphatic rings. The summed E-state index contributed by atoms with van der Waals surface area (Å²) < 4.78 is 17.2. The van der Waals surface area contributed by atoms with Crippen molar-refractivity contribution < 1.29 is 28.9 Å². The van der Waals surface area contributed by atoms with Gasteiger partial charge in [-0.1, -0.05) is 6.92 Å². The lowest BCUT2D eigenvalue weighted by atomic mass is 9.84. The molecular formula is C31H40N2O6. The van der Waals surface area contributed by atoms with Crippen molar-refractivity contribution in [2.45, 2.75) is 51.4 Å². The first-order chi connectivity index (χ1) is 18.9. The minimum Gasteiger partial charge on any atom is -0.497 e. The summed E-state index contributed by atoms with van der Waals surface area (Å²) in [4.78, 5) is 31.8. The van der Waals surface area contributed by atoms with Gasteiger partial charge in [-0.15, -0.1) is 0 Å². The van der Waals surface area contributed by atoms with E-state index in [2.05, 4.69) is 9.88 Å². The Labute approximate surface area is 230 Å². The second-order valence-corrected chi connectivity index (χ2v) is 11.3. The number of piperidine rings is 1. The molecule has 2 saturated heterocycles. The van der Waals surface area contributed by atoms with Crippen LogP contribution in [0.3, 0.4) is 0 Å². The van der Waals surface area contributed by atoms with Crippen molar-refractivity contribution in [1.29, 1.82) is 0 Å². The third kappa shape index (κ3) is 6.55. The van der Waals surface area contributed by atoms with Crippen LogP contribution in [0.25, 0.3) is 0 Å². The number of carboxylic acid groups (broad SMARTS) is 1. The number of pyridine rings is 1. The Balaban J connectivity index is 1.20. The molecule has 1 unspecified atom stereocenters.